The highest BCUT2D eigenvalue weighted by molar-refractivity contribution is 6.12. The molecule has 0 atom stereocenters. The first-order valence-corrected chi connectivity index (χ1v) is 23.8. The summed E-state index contributed by atoms with van der Waals surface area (Å²) < 4.78 is 52.9. The first-order chi connectivity index (χ1) is 35.4. The SMILES string of the molecule is FC(F)(F)c1c(-c2ccc(-n3c4ccccc4c4cc(-c5ccccc5)ccc43)c(-c3nc(-c4ccccc4)nc(-c4ccccc4)n3)c2)cccc1-n1c2ccccc2c2cc(-c3ccccc3)ccc21. The topological polar surface area (TPSA) is 48.5 Å². The molecule has 0 aliphatic carbocycles. The highest BCUT2D eigenvalue weighted by atomic mass is 19.4. The van der Waals surface area contributed by atoms with Crippen molar-refractivity contribution in [2.24, 2.45) is 0 Å². The molecular formula is C64H40F3N5. The fourth-order valence-corrected chi connectivity index (χ4v) is 10.4. The van der Waals surface area contributed by atoms with Gasteiger partial charge in [0.15, 0.2) is 17.5 Å². The number of halogens is 3. The zero-order valence-corrected chi connectivity index (χ0v) is 38.5. The van der Waals surface area contributed by atoms with Crippen molar-refractivity contribution in [1.29, 1.82) is 0 Å². The van der Waals surface area contributed by atoms with Gasteiger partial charge in [0.1, 0.15) is 0 Å². The maximum atomic E-state index is 16.3. The van der Waals surface area contributed by atoms with Gasteiger partial charge in [-0.15, -0.1) is 0 Å². The number of fused-ring (bicyclic) bond motifs is 6. The number of hydrogen-bond donors (Lipinski definition) is 0. The van der Waals surface area contributed by atoms with Crippen molar-refractivity contribution in [1.82, 2.24) is 24.1 Å². The third-order valence-corrected chi connectivity index (χ3v) is 13.6. The third kappa shape index (κ3) is 7.31. The van der Waals surface area contributed by atoms with Gasteiger partial charge in [0, 0.05) is 38.2 Å². The van der Waals surface area contributed by atoms with E-state index in [4.69, 9.17) is 15.0 Å². The van der Waals surface area contributed by atoms with Gasteiger partial charge in [-0.05, 0) is 88.0 Å². The van der Waals surface area contributed by atoms with Crippen LogP contribution in [0.4, 0.5) is 13.2 Å². The van der Waals surface area contributed by atoms with Crippen LogP contribution in [0.3, 0.4) is 0 Å². The number of para-hydroxylation sites is 2. The van der Waals surface area contributed by atoms with Gasteiger partial charge >= 0.3 is 6.18 Å². The first kappa shape index (κ1) is 42.7. The molecule has 0 aliphatic rings. The lowest BCUT2D eigenvalue weighted by molar-refractivity contribution is -0.136. The standard InChI is InChI=1S/C64H40F3N5/c65-64(66,67)60-48(28-17-31-59(60)72-55-30-16-14-27-50(55)52-39-46(33-36-57(52)72)42-20-7-2-8-21-42)47-34-37-58(71-54-29-15-13-26-49(54)51-38-45(32-35-56(51)71)41-18-5-1-6-19-41)53(40-47)63-69-61(43-22-9-3-10-23-43)68-62(70-63)44-24-11-4-12-25-44/h1-40H. The average Bonchev–Trinajstić information content (AvgIpc) is 3.95. The minimum absolute atomic E-state index is 0.0231. The lowest BCUT2D eigenvalue weighted by Crippen LogP contribution is -2.13. The molecule has 0 radical (unpaired) electrons. The Bertz CT molecular complexity index is 4130. The van der Waals surface area contributed by atoms with Gasteiger partial charge in [-0.2, -0.15) is 13.2 Å². The number of nitrogens with zero attached hydrogens (tertiary/aromatic N) is 5. The highest BCUT2D eigenvalue weighted by Crippen LogP contribution is 2.46. The van der Waals surface area contributed by atoms with Crippen molar-refractivity contribution in [2.45, 2.75) is 6.18 Å². The minimum Gasteiger partial charge on any atom is -0.309 e. The summed E-state index contributed by atoms with van der Waals surface area (Å²) in [6, 6.07) is 78.3. The van der Waals surface area contributed by atoms with Crippen LogP contribution in [0.1, 0.15) is 5.56 Å². The fraction of sp³-hybridized carbons (Fsp3) is 0.0156. The molecule has 0 fully saturated rings. The largest absolute Gasteiger partial charge is 0.419 e. The Morgan fingerprint density at radius 2 is 0.694 bits per heavy atom. The van der Waals surface area contributed by atoms with Gasteiger partial charge in [-0.25, -0.2) is 15.0 Å². The van der Waals surface area contributed by atoms with Crippen molar-refractivity contribution >= 4 is 43.6 Å². The van der Waals surface area contributed by atoms with Crippen LogP contribution in [0, 0.1) is 0 Å². The lowest BCUT2D eigenvalue weighted by atomic mass is 9.95. The number of rotatable bonds is 8. The van der Waals surface area contributed by atoms with Crippen LogP contribution in [-0.4, -0.2) is 24.1 Å². The van der Waals surface area contributed by atoms with E-state index in [0.29, 0.717) is 45.3 Å². The zero-order chi connectivity index (χ0) is 48.3. The molecule has 3 aromatic heterocycles. The molecule has 3 heterocycles. The smallest absolute Gasteiger partial charge is 0.309 e. The molecule has 10 aromatic carbocycles. The summed E-state index contributed by atoms with van der Waals surface area (Å²) in [7, 11) is 0. The Morgan fingerprint density at radius 1 is 0.278 bits per heavy atom. The first-order valence-electron chi connectivity index (χ1n) is 23.8. The number of alkyl halides is 3. The second-order valence-electron chi connectivity index (χ2n) is 17.9. The van der Waals surface area contributed by atoms with E-state index in [9.17, 15) is 0 Å². The van der Waals surface area contributed by atoms with Crippen LogP contribution in [0.25, 0.3) is 123 Å². The summed E-state index contributed by atoms with van der Waals surface area (Å²) in [6.07, 6.45) is -4.77. The second-order valence-corrected chi connectivity index (χ2v) is 17.9. The van der Waals surface area contributed by atoms with Crippen LogP contribution < -0.4 is 0 Å². The van der Waals surface area contributed by atoms with E-state index in [1.165, 1.54) is 0 Å². The normalized spacial score (nSPS) is 11.8. The fourth-order valence-electron chi connectivity index (χ4n) is 10.4. The Kier molecular flexibility index (Phi) is 10.2. The van der Waals surface area contributed by atoms with Crippen LogP contribution in [0.2, 0.25) is 0 Å². The highest BCUT2D eigenvalue weighted by Gasteiger charge is 2.38. The molecule has 0 saturated heterocycles. The van der Waals surface area contributed by atoms with E-state index in [0.717, 1.165) is 66.0 Å². The molecule has 0 bridgehead atoms. The maximum absolute atomic E-state index is 16.3. The predicted octanol–water partition coefficient (Wildman–Crippen LogP) is 17.1. The summed E-state index contributed by atoms with van der Waals surface area (Å²) in [5.74, 6) is 1.18. The van der Waals surface area contributed by atoms with Gasteiger partial charge in [0.2, 0.25) is 0 Å². The molecule has 5 nitrogen and oxygen atoms in total. The van der Waals surface area contributed by atoms with Crippen LogP contribution in [0.15, 0.2) is 243 Å². The monoisotopic (exact) mass is 935 g/mol. The Hall–Kier alpha value is -9.40. The molecule has 13 aromatic rings. The van der Waals surface area contributed by atoms with Gasteiger partial charge in [-0.3, -0.25) is 0 Å². The van der Waals surface area contributed by atoms with Crippen molar-refractivity contribution in [3.63, 3.8) is 0 Å². The Morgan fingerprint density at radius 3 is 1.19 bits per heavy atom. The van der Waals surface area contributed by atoms with E-state index < -0.39 is 11.7 Å². The van der Waals surface area contributed by atoms with Crippen molar-refractivity contribution < 1.29 is 13.2 Å². The van der Waals surface area contributed by atoms with Crippen molar-refractivity contribution in [3.8, 4) is 78.9 Å². The quantitative estimate of drug-likeness (QED) is 0.153. The molecular weight excluding hydrogens is 896 g/mol. The van der Waals surface area contributed by atoms with Crippen molar-refractivity contribution in [3.05, 3.63) is 248 Å². The third-order valence-electron chi connectivity index (χ3n) is 13.6. The van der Waals surface area contributed by atoms with Crippen LogP contribution >= 0.6 is 0 Å². The molecule has 342 valence electrons. The molecule has 0 saturated carbocycles. The van der Waals surface area contributed by atoms with E-state index in [1.807, 2.05) is 170 Å². The van der Waals surface area contributed by atoms with E-state index in [1.54, 1.807) is 28.8 Å². The summed E-state index contributed by atoms with van der Waals surface area (Å²) in [5.41, 5.74) is 9.77. The van der Waals surface area contributed by atoms with E-state index >= 15 is 13.2 Å². The summed E-state index contributed by atoms with van der Waals surface area (Å²) in [5, 5.41) is 3.77. The van der Waals surface area contributed by atoms with Gasteiger partial charge < -0.3 is 9.13 Å². The maximum Gasteiger partial charge on any atom is 0.419 e. The molecule has 0 aliphatic heterocycles. The average molecular weight is 936 g/mol. The van der Waals surface area contributed by atoms with E-state index in [2.05, 4.69) is 53.1 Å². The lowest BCUT2D eigenvalue weighted by Gasteiger charge is -2.21. The molecule has 13 rings (SSSR count). The van der Waals surface area contributed by atoms with Gasteiger partial charge in [-0.1, -0.05) is 188 Å². The Balaban J connectivity index is 1.08. The Labute approximate surface area is 412 Å². The number of aromatic nitrogens is 5. The zero-order valence-electron chi connectivity index (χ0n) is 38.5. The predicted molar refractivity (Wildman–Crippen MR) is 286 cm³/mol. The summed E-state index contributed by atoms with van der Waals surface area (Å²) >= 11 is 0. The van der Waals surface area contributed by atoms with Gasteiger partial charge in [0.05, 0.1) is 39.0 Å². The minimum atomic E-state index is -4.77. The molecule has 0 N–H and O–H groups in total. The van der Waals surface area contributed by atoms with Crippen LogP contribution in [0.5, 0.6) is 0 Å². The number of benzene rings is 10. The second kappa shape index (κ2) is 17.2. The molecule has 0 unspecified atom stereocenters. The van der Waals surface area contributed by atoms with Crippen molar-refractivity contribution in [2.75, 3.05) is 0 Å². The molecule has 8 heteroatoms. The molecule has 0 amide bonds. The molecule has 72 heavy (non-hydrogen) atoms. The van der Waals surface area contributed by atoms with E-state index in [-0.39, 0.29) is 11.3 Å². The summed E-state index contributed by atoms with van der Waals surface area (Å²) in [4.78, 5) is 15.4. The van der Waals surface area contributed by atoms with Gasteiger partial charge in [0.25, 0.3) is 0 Å². The number of hydrogen-bond acceptors (Lipinski definition) is 3. The molecule has 0 spiro atoms. The van der Waals surface area contributed by atoms with Crippen LogP contribution in [-0.2, 0) is 6.18 Å². The summed E-state index contributed by atoms with van der Waals surface area (Å²) in [6.45, 7) is 0.